The molecule has 0 bridgehead atoms. The van der Waals surface area contributed by atoms with Crippen LogP contribution in [0.3, 0.4) is 0 Å². The van der Waals surface area contributed by atoms with Crippen molar-refractivity contribution in [3.8, 4) is 5.75 Å². The van der Waals surface area contributed by atoms with Crippen molar-refractivity contribution in [2.24, 2.45) is 0 Å². The molecule has 0 saturated carbocycles. The Morgan fingerprint density at radius 1 is 1.39 bits per heavy atom. The zero-order chi connectivity index (χ0) is 17.0. The van der Waals surface area contributed by atoms with Crippen LogP contribution in [0.1, 0.15) is 56.7 Å². The topological polar surface area (TPSA) is 35.5 Å². The molecule has 1 aliphatic heterocycles. The fraction of sp³-hybridized carbons (Fsp3) is 0.550. The van der Waals surface area contributed by atoms with Crippen LogP contribution in [0.2, 0.25) is 0 Å². The van der Waals surface area contributed by atoms with Gasteiger partial charge in [-0.2, -0.15) is 0 Å². The van der Waals surface area contributed by atoms with Crippen molar-refractivity contribution in [1.29, 1.82) is 0 Å². The van der Waals surface area contributed by atoms with Gasteiger partial charge in [0.05, 0.1) is 6.61 Å². The number of hydrogen-bond acceptors (Lipinski definition) is 3. The first kappa shape index (κ1) is 17.6. The molecule has 0 aromatic heterocycles. The average molecular weight is 316 g/mol. The van der Waals surface area contributed by atoms with E-state index < -0.39 is 0 Å². The number of aryl methyl sites for hydroxylation is 3. The zero-order valence-electron chi connectivity index (χ0n) is 15.0. The minimum Gasteiger partial charge on any atom is -0.487 e. The summed E-state index contributed by atoms with van der Waals surface area (Å²) >= 11 is 0. The number of hydrogen-bond donors (Lipinski definition) is 0. The second-order valence-corrected chi connectivity index (χ2v) is 6.77. The zero-order valence-corrected chi connectivity index (χ0v) is 15.0. The highest BCUT2D eigenvalue weighted by Gasteiger charge is 2.31. The fourth-order valence-corrected chi connectivity index (χ4v) is 3.17. The van der Waals surface area contributed by atoms with Crippen LogP contribution in [0.15, 0.2) is 23.8 Å². The summed E-state index contributed by atoms with van der Waals surface area (Å²) in [5, 5.41) is 0. The number of carbonyl (C=O) groups excluding carboxylic acids is 1. The van der Waals surface area contributed by atoms with E-state index in [2.05, 4.69) is 32.9 Å². The second kappa shape index (κ2) is 7.20. The summed E-state index contributed by atoms with van der Waals surface area (Å²) in [5.74, 6) is 0.828. The summed E-state index contributed by atoms with van der Waals surface area (Å²) in [5.41, 5.74) is 4.33. The van der Waals surface area contributed by atoms with Crippen molar-refractivity contribution in [3.05, 3.63) is 40.5 Å². The Morgan fingerprint density at radius 3 is 2.83 bits per heavy atom. The molecule has 0 spiro atoms. The number of carbonyl (C=O) groups is 1. The molecule has 1 aromatic rings. The molecular weight excluding hydrogens is 288 g/mol. The molecule has 1 aliphatic rings. The number of fused-ring (bicyclic) bond motifs is 1. The Morgan fingerprint density at radius 2 is 2.13 bits per heavy atom. The quantitative estimate of drug-likeness (QED) is 0.584. The van der Waals surface area contributed by atoms with Crippen molar-refractivity contribution in [2.45, 2.75) is 65.9 Å². The highest BCUT2D eigenvalue weighted by Crippen LogP contribution is 2.38. The van der Waals surface area contributed by atoms with Crippen molar-refractivity contribution in [3.63, 3.8) is 0 Å². The van der Waals surface area contributed by atoms with Gasteiger partial charge in [0, 0.05) is 5.57 Å². The molecule has 0 N–H and O–H groups in total. The molecule has 1 heterocycles. The lowest BCUT2D eigenvalue weighted by Gasteiger charge is -2.37. The molecule has 0 saturated heterocycles. The highest BCUT2D eigenvalue weighted by molar-refractivity contribution is 5.87. The van der Waals surface area contributed by atoms with Crippen LogP contribution in [0.4, 0.5) is 0 Å². The molecular formula is C20H28O3. The maximum absolute atomic E-state index is 11.6. The molecule has 0 amide bonds. The molecule has 0 aliphatic carbocycles. The molecule has 1 atom stereocenters. The van der Waals surface area contributed by atoms with E-state index in [1.165, 1.54) is 16.7 Å². The lowest BCUT2D eigenvalue weighted by Crippen LogP contribution is -2.36. The van der Waals surface area contributed by atoms with Gasteiger partial charge < -0.3 is 9.47 Å². The molecule has 3 heteroatoms. The van der Waals surface area contributed by atoms with E-state index in [4.69, 9.17) is 9.47 Å². The number of ether oxygens (including phenoxy) is 2. The molecule has 0 radical (unpaired) electrons. The largest absolute Gasteiger partial charge is 0.487 e. The summed E-state index contributed by atoms with van der Waals surface area (Å²) < 4.78 is 11.4. The molecule has 3 nitrogen and oxygen atoms in total. The third kappa shape index (κ3) is 4.37. The summed E-state index contributed by atoms with van der Waals surface area (Å²) in [6.45, 7) is 10.5. The summed E-state index contributed by atoms with van der Waals surface area (Å²) in [7, 11) is 0. The van der Waals surface area contributed by atoms with Gasteiger partial charge in [0.25, 0.3) is 0 Å². The van der Waals surface area contributed by atoms with Crippen LogP contribution in [-0.4, -0.2) is 18.2 Å². The Bertz CT molecular complexity index is 616. The van der Waals surface area contributed by atoms with Gasteiger partial charge in [0.2, 0.25) is 0 Å². The second-order valence-electron chi connectivity index (χ2n) is 6.77. The molecule has 1 aromatic carbocycles. The SMILES string of the molecule is CCOC(=O)/C(C)=C/CC[C@]1(C)CCc2cc(C)cc(C)c2O1. The van der Waals surface area contributed by atoms with Crippen molar-refractivity contribution >= 4 is 5.97 Å². The molecule has 0 unspecified atom stereocenters. The highest BCUT2D eigenvalue weighted by atomic mass is 16.5. The van der Waals surface area contributed by atoms with Gasteiger partial charge in [-0.3, -0.25) is 0 Å². The minimum absolute atomic E-state index is 0.168. The molecule has 126 valence electrons. The first-order chi connectivity index (χ1) is 10.8. The van der Waals surface area contributed by atoms with Crippen LogP contribution in [0, 0.1) is 13.8 Å². The van der Waals surface area contributed by atoms with E-state index in [1.807, 2.05) is 19.9 Å². The van der Waals surface area contributed by atoms with Crippen LogP contribution in [0.5, 0.6) is 5.75 Å². The van der Waals surface area contributed by atoms with Gasteiger partial charge in [-0.25, -0.2) is 4.79 Å². The van der Waals surface area contributed by atoms with E-state index in [-0.39, 0.29) is 11.6 Å². The third-order valence-corrected chi connectivity index (χ3v) is 4.49. The van der Waals surface area contributed by atoms with Gasteiger partial charge in [-0.15, -0.1) is 0 Å². The molecule has 2 rings (SSSR count). The predicted molar refractivity (Wildman–Crippen MR) is 92.9 cm³/mol. The fourth-order valence-electron chi connectivity index (χ4n) is 3.17. The monoisotopic (exact) mass is 316 g/mol. The maximum Gasteiger partial charge on any atom is 0.333 e. The number of benzene rings is 1. The van der Waals surface area contributed by atoms with E-state index in [1.54, 1.807) is 0 Å². The number of esters is 1. The van der Waals surface area contributed by atoms with E-state index in [0.29, 0.717) is 12.2 Å². The molecule has 23 heavy (non-hydrogen) atoms. The van der Waals surface area contributed by atoms with Crippen molar-refractivity contribution in [2.75, 3.05) is 6.61 Å². The summed E-state index contributed by atoms with van der Waals surface area (Å²) in [4.78, 5) is 11.6. The number of rotatable bonds is 5. The smallest absolute Gasteiger partial charge is 0.333 e. The van der Waals surface area contributed by atoms with Gasteiger partial charge in [0.1, 0.15) is 11.4 Å². The van der Waals surface area contributed by atoms with Crippen LogP contribution in [0.25, 0.3) is 0 Å². The minimum atomic E-state index is -0.223. The standard InChI is InChI=1S/C20H28O3/c1-6-22-19(21)15(3)8-7-10-20(5)11-9-17-13-14(2)12-16(4)18(17)23-20/h8,12-13H,6-7,9-11H2,1-5H3/b15-8+/t20-/m1/s1. The summed E-state index contributed by atoms with van der Waals surface area (Å²) in [6, 6.07) is 4.40. The molecule has 0 fully saturated rings. The lowest BCUT2D eigenvalue weighted by atomic mass is 9.87. The van der Waals surface area contributed by atoms with Crippen molar-refractivity contribution < 1.29 is 14.3 Å². The maximum atomic E-state index is 11.6. The Balaban J connectivity index is 2.01. The van der Waals surface area contributed by atoms with Crippen LogP contribution >= 0.6 is 0 Å². The van der Waals surface area contributed by atoms with E-state index >= 15 is 0 Å². The van der Waals surface area contributed by atoms with E-state index in [0.717, 1.165) is 31.4 Å². The van der Waals surface area contributed by atoms with Gasteiger partial charge in [0.15, 0.2) is 0 Å². The average Bonchev–Trinajstić information content (AvgIpc) is 2.48. The summed E-state index contributed by atoms with van der Waals surface area (Å²) in [6.07, 6.45) is 5.74. The Kier molecular flexibility index (Phi) is 5.51. The van der Waals surface area contributed by atoms with Gasteiger partial charge >= 0.3 is 5.97 Å². The number of allylic oxidation sites excluding steroid dienone is 1. The van der Waals surface area contributed by atoms with Gasteiger partial charge in [-0.05, 0) is 71.4 Å². The Labute approximate surface area is 139 Å². The lowest BCUT2D eigenvalue weighted by molar-refractivity contribution is -0.138. The predicted octanol–water partition coefficient (Wildman–Crippen LogP) is 4.68. The van der Waals surface area contributed by atoms with Crippen LogP contribution in [-0.2, 0) is 16.0 Å². The normalized spacial score (nSPS) is 20.7. The first-order valence-electron chi connectivity index (χ1n) is 8.47. The van der Waals surface area contributed by atoms with Crippen LogP contribution < -0.4 is 4.74 Å². The Hall–Kier alpha value is -1.77. The third-order valence-electron chi connectivity index (χ3n) is 4.49. The first-order valence-corrected chi connectivity index (χ1v) is 8.47. The van der Waals surface area contributed by atoms with E-state index in [9.17, 15) is 4.79 Å². The van der Waals surface area contributed by atoms with Crippen molar-refractivity contribution in [1.82, 2.24) is 0 Å². The van der Waals surface area contributed by atoms with Gasteiger partial charge in [-0.1, -0.05) is 23.8 Å².